The molecular formula is C19H27N3O2. The minimum Gasteiger partial charge on any atom is -0.497 e. The molecule has 5 heteroatoms. The van der Waals surface area contributed by atoms with Crippen LogP contribution in [0.5, 0.6) is 5.75 Å². The van der Waals surface area contributed by atoms with Crippen LogP contribution in [0.2, 0.25) is 0 Å². The van der Waals surface area contributed by atoms with E-state index >= 15 is 0 Å². The van der Waals surface area contributed by atoms with Crippen molar-refractivity contribution in [1.82, 2.24) is 15.1 Å². The van der Waals surface area contributed by atoms with E-state index in [2.05, 4.69) is 16.5 Å². The summed E-state index contributed by atoms with van der Waals surface area (Å²) >= 11 is 0. The van der Waals surface area contributed by atoms with Crippen LogP contribution in [0.25, 0.3) is 0 Å². The van der Waals surface area contributed by atoms with Crippen molar-refractivity contribution in [2.75, 3.05) is 13.7 Å². The number of methoxy groups -OCH3 is 1. The summed E-state index contributed by atoms with van der Waals surface area (Å²) in [5.41, 5.74) is 4.56. The van der Waals surface area contributed by atoms with Crippen molar-refractivity contribution >= 4 is 5.91 Å². The highest BCUT2D eigenvalue weighted by molar-refractivity contribution is 5.76. The van der Waals surface area contributed by atoms with Gasteiger partial charge in [0.15, 0.2) is 0 Å². The molecule has 0 aliphatic rings. The lowest BCUT2D eigenvalue weighted by atomic mass is 10.1. The van der Waals surface area contributed by atoms with Crippen LogP contribution in [0.4, 0.5) is 0 Å². The molecule has 0 aliphatic heterocycles. The smallest absolute Gasteiger partial charge is 0.220 e. The fourth-order valence-electron chi connectivity index (χ4n) is 2.85. The van der Waals surface area contributed by atoms with Crippen LogP contribution in [0, 0.1) is 13.8 Å². The number of nitrogens with zero attached hydrogens (tertiary/aromatic N) is 2. The highest BCUT2D eigenvalue weighted by Crippen LogP contribution is 2.15. The molecule has 0 bridgehead atoms. The van der Waals surface area contributed by atoms with E-state index in [4.69, 9.17) is 4.74 Å². The van der Waals surface area contributed by atoms with Gasteiger partial charge in [-0.05, 0) is 56.4 Å². The Hall–Kier alpha value is -2.30. The highest BCUT2D eigenvalue weighted by atomic mass is 16.5. The molecule has 130 valence electrons. The maximum atomic E-state index is 12.0. The topological polar surface area (TPSA) is 56.1 Å². The molecule has 0 saturated heterocycles. The number of rotatable bonds is 8. The summed E-state index contributed by atoms with van der Waals surface area (Å²) in [6, 6.07) is 8.05. The molecule has 0 saturated carbocycles. The zero-order chi connectivity index (χ0) is 17.5. The van der Waals surface area contributed by atoms with E-state index in [1.807, 2.05) is 43.8 Å². The van der Waals surface area contributed by atoms with E-state index in [1.165, 1.54) is 11.1 Å². The first kappa shape index (κ1) is 18.0. The molecule has 1 aromatic heterocycles. The summed E-state index contributed by atoms with van der Waals surface area (Å²) in [5.74, 6) is 0.974. The van der Waals surface area contributed by atoms with Gasteiger partial charge in [0.2, 0.25) is 5.91 Å². The van der Waals surface area contributed by atoms with Gasteiger partial charge in [-0.15, -0.1) is 0 Å². The molecule has 1 amide bonds. The van der Waals surface area contributed by atoms with Crippen molar-refractivity contribution < 1.29 is 9.53 Å². The van der Waals surface area contributed by atoms with E-state index in [9.17, 15) is 4.79 Å². The van der Waals surface area contributed by atoms with Gasteiger partial charge in [-0.1, -0.05) is 12.1 Å². The van der Waals surface area contributed by atoms with Crippen molar-refractivity contribution in [1.29, 1.82) is 0 Å². The van der Waals surface area contributed by atoms with Crippen LogP contribution in [0.15, 0.2) is 24.3 Å². The van der Waals surface area contributed by atoms with E-state index in [0.717, 1.165) is 36.4 Å². The lowest BCUT2D eigenvalue weighted by Gasteiger charge is -2.07. The van der Waals surface area contributed by atoms with Gasteiger partial charge in [0.1, 0.15) is 5.75 Å². The summed E-state index contributed by atoms with van der Waals surface area (Å²) in [5, 5.41) is 7.39. The van der Waals surface area contributed by atoms with Crippen LogP contribution in [0.3, 0.4) is 0 Å². The second-order valence-electron chi connectivity index (χ2n) is 6.08. The molecule has 24 heavy (non-hydrogen) atoms. The second kappa shape index (κ2) is 8.52. The van der Waals surface area contributed by atoms with Crippen LogP contribution in [0.1, 0.15) is 35.4 Å². The fourth-order valence-corrected chi connectivity index (χ4v) is 2.85. The average molecular weight is 329 g/mol. The molecule has 2 aromatic rings. The lowest BCUT2D eigenvalue weighted by molar-refractivity contribution is -0.121. The number of hydrogen-bond donors (Lipinski definition) is 1. The Balaban J connectivity index is 1.70. The number of nitrogens with one attached hydrogen (secondary N) is 1. The first-order valence-corrected chi connectivity index (χ1v) is 8.40. The van der Waals surface area contributed by atoms with E-state index in [1.54, 1.807) is 7.11 Å². The summed E-state index contributed by atoms with van der Waals surface area (Å²) < 4.78 is 7.09. The maximum Gasteiger partial charge on any atom is 0.220 e. The van der Waals surface area contributed by atoms with Gasteiger partial charge in [-0.3, -0.25) is 9.48 Å². The molecule has 0 atom stereocenters. The number of benzene rings is 1. The first-order valence-electron chi connectivity index (χ1n) is 8.40. The highest BCUT2D eigenvalue weighted by Gasteiger charge is 2.11. The number of amides is 1. The minimum atomic E-state index is 0.100. The molecule has 0 spiro atoms. The molecule has 1 heterocycles. The van der Waals surface area contributed by atoms with E-state index in [-0.39, 0.29) is 5.91 Å². The summed E-state index contributed by atoms with van der Waals surface area (Å²) in [6.45, 7) is 4.73. The Kier molecular flexibility index (Phi) is 6.41. The second-order valence-corrected chi connectivity index (χ2v) is 6.08. The van der Waals surface area contributed by atoms with Gasteiger partial charge in [0.05, 0.1) is 12.8 Å². The Labute approximate surface area is 144 Å². The molecule has 0 aliphatic carbocycles. The third kappa shape index (κ3) is 4.85. The van der Waals surface area contributed by atoms with Gasteiger partial charge >= 0.3 is 0 Å². The monoisotopic (exact) mass is 329 g/mol. The summed E-state index contributed by atoms with van der Waals surface area (Å²) in [6.07, 6.45) is 3.10. The summed E-state index contributed by atoms with van der Waals surface area (Å²) in [7, 11) is 3.61. The van der Waals surface area contributed by atoms with Crippen LogP contribution in [-0.4, -0.2) is 29.3 Å². The number of carbonyl (C=O) groups excluding carboxylic acids is 1. The molecule has 2 rings (SSSR count). The van der Waals surface area contributed by atoms with Gasteiger partial charge < -0.3 is 10.1 Å². The standard InChI is InChI=1S/C19H27N3O2/c1-14-18(15(2)22(3)21-14)10-11-19(23)20-12-6-8-16-7-5-9-17(13-16)24-4/h5,7,9,13H,6,8,10-12H2,1-4H3,(H,20,23). The van der Waals surface area contributed by atoms with E-state index < -0.39 is 0 Å². The first-order chi connectivity index (χ1) is 11.5. The molecule has 0 radical (unpaired) electrons. The molecule has 1 aromatic carbocycles. The zero-order valence-electron chi connectivity index (χ0n) is 15.1. The molecular weight excluding hydrogens is 302 g/mol. The number of aromatic nitrogens is 2. The molecule has 0 fully saturated rings. The number of hydrogen-bond acceptors (Lipinski definition) is 3. The van der Waals surface area contributed by atoms with Gasteiger partial charge in [-0.2, -0.15) is 5.10 Å². The van der Waals surface area contributed by atoms with Gasteiger partial charge in [0, 0.05) is 25.7 Å². The Morgan fingerprint density at radius 1 is 1.29 bits per heavy atom. The lowest BCUT2D eigenvalue weighted by Crippen LogP contribution is -2.25. The van der Waals surface area contributed by atoms with Crippen molar-refractivity contribution in [3.8, 4) is 5.75 Å². The third-order valence-electron chi connectivity index (χ3n) is 4.36. The molecule has 0 unspecified atom stereocenters. The third-order valence-corrected chi connectivity index (χ3v) is 4.36. The SMILES string of the molecule is COc1cccc(CCCNC(=O)CCc2c(C)nn(C)c2C)c1. The van der Waals surface area contributed by atoms with Crippen molar-refractivity contribution in [3.63, 3.8) is 0 Å². The van der Waals surface area contributed by atoms with Gasteiger partial charge in [-0.25, -0.2) is 0 Å². The quantitative estimate of drug-likeness (QED) is 0.758. The Morgan fingerprint density at radius 3 is 2.75 bits per heavy atom. The van der Waals surface area contributed by atoms with Crippen LogP contribution in [-0.2, 0) is 24.7 Å². The van der Waals surface area contributed by atoms with Crippen molar-refractivity contribution in [2.24, 2.45) is 7.05 Å². The molecule has 1 N–H and O–H groups in total. The number of aryl methyl sites for hydroxylation is 3. The maximum absolute atomic E-state index is 12.0. The van der Waals surface area contributed by atoms with Crippen molar-refractivity contribution in [2.45, 2.75) is 39.5 Å². The predicted molar refractivity (Wildman–Crippen MR) is 95.3 cm³/mol. The van der Waals surface area contributed by atoms with Crippen LogP contribution < -0.4 is 10.1 Å². The van der Waals surface area contributed by atoms with Crippen molar-refractivity contribution in [3.05, 3.63) is 46.8 Å². The largest absolute Gasteiger partial charge is 0.497 e. The van der Waals surface area contributed by atoms with Crippen LogP contribution >= 0.6 is 0 Å². The van der Waals surface area contributed by atoms with Gasteiger partial charge in [0.25, 0.3) is 0 Å². The Morgan fingerprint density at radius 2 is 2.08 bits per heavy atom. The summed E-state index contributed by atoms with van der Waals surface area (Å²) in [4.78, 5) is 12.0. The average Bonchev–Trinajstić information content (AvgIpc) is 2.82. The number of ether oxygens (including phenoxy) is 1. The fraction of sp³-hybridized carbons (Fsp3) is 0.474. The molecule has 5 nitrogen and oxygen atoms in total. The van der Waals surface area contributed by atoms with E-state index in [0.29, 0.717) is 13.0 Å². The normalized spacial score (nSPS) is 10.7. The zero-order valence-corrected chi connectivity index (χ0v) is 15.1. The Bertz CT molecular complexity index is 692. The predicted octanol–water partition coefficient (Wildman–Crippen LogP) is 2.73. The minimum absolute atomic E-state index is 0.100. The number of carbonyl (C=O) groups is 1.